The van der Waals surface area contributed by atoms with E-state index in [4.69, 9.17) is 0 Å². The molecule has 0 bridgehead atoms. The molecule has 0 heterocycles. The first-order chi connectivity index (χ1) is 5.16. The molecule has 0 aliphatic heterocycles. The molecule has 0 aromatic carbocycles. The van der Waals surface area contributed by atoms with Crippen LogP contribution in [0, 0.1) is 0 Å². The topological polar surface area (TPSA) is 32.3 Å². The van der Waals surface area contributed by atoms with Gasteiger partial charge in [0.2, 0.25) is 7.41 Å². The molecule has 11 heavy (non-hydrogen) atoms. The van der Waals surface area contributed by atoms with Crippen molar-refractivity contribution in [2.24, 2.45) is 0 Å². The van der Waals surface area contributed by atoms with E-state index in [-0.39, 0.29) is 6.23 Å². The summed E-state index contributed by atoms with van der Waals surface area (Å²) in [7, 11) is 1.93. The summed E-state index contributed by atoms with van der Waals surface area (Å²) in [4.78, 5) is 0. The van der Waals surface area contributed by atoms with Crippen molar-refractivity contribution in [2.75, 3.05) is 0 Å². The minimum Gasteiger partial charge on any atom is -0.380 e. The third kappa shape index (κ3) is 7.89. The van der Waals surface area contributed by atoms with E-state index in [1.54, 1.807) is 0 Å². The standard InChI is InChI=1S/C8H19BNO/c1-4-5-6-8(11)10-9-7(2)3/h7-8,10-11H,4-6H2,1-3H3. The highest BCUT2D eigenvalue weighted by molar-refractivity contribution is 6.34. The summed E-state index contributed by atoms with van der Waals surface area (Å²) in [5.74, 6) is 0.492. The predicted octanol–water partition coefficient (Wildman–Crippen LogP) is 1.53. The smallest absolute Gasteiger partial charge is 0.210 e. The molecule has 1 unspecified atom stereocenters. The van der Waals surface area contributed by atoms with Gasteiger partial charge in [-0.2, -0.15) is 0 Å². The zero-order chi connectivity index (χ0) is 8.69. The maximum Gasteiger partial charge on any atom is 0.210 e. The van der Waals surface area contributed by atoms with E-state index in [0.29, 0.717) is 5.82 Å². The summed E-state index contributed by atoms with van der Waals surface area (Å²) >= 11 is 0. The third-order valence-corrected chi connectivity index (χ3v) is 1.45. The molecule has 0 aromatic heterocycles. The molecule has 0 aliphatic carbocycles. The zero-order valence-electron chi connectivity index (χ0n) is 7.80. The van der Waals surface area contributed by atoms with Crippen LogP contribution in [0.15, 0.2) is 0 Å². The van der Waals surface area contributed by atoms with Crippen LogP contribution in [0.4, 0.5) is 0 Å². The number of hydrogen-bond acceptors (Lipinski definition) is 2. The molecule has 0 fully saturated rings. The van der Waals surface area contributed by atoms with Crippen LogP contribution in [0.1, 0.15) is 40.0 Å². The van der Waals surface area contributed by atoms with Gasteiger partial charge in [0, 0.05) is 0 Å². The lowest BCUT2D eigenvalue weighted by molar-refractivity contribution is 0.150. The molecule has 2 N–H and O–H groups in total. The molecule has 0 spiro atoms. The fraction of sp³-hybridized carbons (Fsp3) is 1.00. The molecule has 0 saturated heterocycles. The van der Waals surface area contributed by atoms with Crippen molar-refractivity contribution < 1.29 is 5.11 Å². The highest BCUT2D eigenvalue weighted by atomic mass is 16.3. The van der Waals surface area contributed by atoms with Crippen molar-refractivity contribution in [3.05, 3.63) is 0 Å². The Morgan fingerprint density at radius 2 is 2.09 bits per heavy atom. The van der Waals surface area contributed by atoms with Crippen LogP contribution >= 0.6 is 0 Å². The van der Waals surface area contributed by atoms with Crippen LogP contribution in [0.25, 0.3) is 0 Å². The Hall–Kier alpha value is -0.0151. The molecule has 65 valence electrons. The van der Waals surface area contributed by atoms with Crippen molar-refractivity contribution >= 4 is 7.41 Å². The second-order valence-electron chi connectivity index (χ2n) is 3.24. The summed E-state index contributed by atoms with van der Waals surface area (Å²) in [6.45, 7) is 6.29. The quantitative estimate of drug-likeness (QED) is 0.451. The van der Waals surface area contributed by atoms with Gasteiger partial charge in [-0.25, -0.2) is 0 Å². The van der Waals surface area contributed by atoms with Crippen LogP contribution in [-0.4, -0.2) is 18.7 Å². The van der Waals surface area contributed by atoms with Gasteiger partial charge in [0.05, 0.1) is 6.23 Å². The lowest BCUT2D eigenvalue weighted by atomic mass is 9.78. The van der Waals surface area contributed by atoms with Crippen molar-refractivity contribution in [2.45, 2.75) is 52.1 Å². The Morgan fingerprint density at radius 3 is 2.55 bits per heavy atom. The van der Waals surface area contributed by atoms with Gasteiger partial charge in [0.15, 0.2) is 0 Å². The fourth-order valence-electron chi connectivity index (χ4n) is 0.784. The van der Waals surface area contributed by atoms with Crippen molar-refractivity contribution in [1.29, 1.82) is 0 Å². The van der Waals surface area contributed by atoms with E-state index in [2.05, 4.69) is 26.0 Å². The number of nitrogens with one attached hydrogen (secondary N) is 1. The largest absolute Gasteiger partial charge is 0.380 e. The molecule has 0 saturated carbocycles. The molecular formula is C8H19BNO. The first-order valence-electron chi connectivity index (χ1n) is 4.44. The third-order valence-electron chi connectivity index (χ3n) is 1.45. The molecule has 0 amide bonds. The predicted molar refractivity (Wildman–Crippen MR) is 49.5 cm³/mol. The molecule has 1 radical (unpaired) electrons. The SMILES string of the molecule is CCCCC(O)N[B]C(C)C. The first-order valence-corrected chi connectivity index (χ1v) is 4.44. The highest BCUT2D eigenvalue weighted by Gasteiger charge is 2.03. The van der Waals surface area contributed by atoms with Gasteiger partial charge in [0.25, 0.3) is 0 Å². The number of hydrogen-bond donors (Lipinski definition) is 2. The second kappa shape index (κ2) is 6.68. The van der Waals surface area contributed by atoms with Crippen LogP contribution in [-0.2, 0) is 0 Å². The van der Waals surface area contributed by atoms with E-state index in [1.165, 1.54) is 0 Å². The normalized spacial score (nSPS) is 13.5. The Bertz CT molecular complexity index is 88.2. The van der Waals surface area contributed by atoms with Crippen LogP contribution in [0.5, 0.6) is 0 Å². The Balaban J connectivity index is 3.15. The van der Waals surface area contributed by atoms with Crippen LogP contribution in [0.2, 0.25) is 5.82 Å². The summed E-state index contributed by atoms with van der Waals surface area (Å²) < 4.78 is 0. The van der Waals surface area contributed by atoms with E-state index in [0.717, 1.165) is 19.3 Å². The van der Waals surface area contributed by atoms with Gasteiger partial charge >= 0.3 is 0 Å². The average molecular weight is 156 g/mol. The fourth-order valence-corrected chi connectivity index (χ4v) is 0.784. The van der Waals surface area contributed by atoms with E-state index in [1.807, 2.05) is 7.41 Å². The van der Waals surface area contributed by atoms with Gasteiger partial charge in [0.1, 0.15) is 0 Å². The van der Waals surface area contributed by atoms with E-state index < -0.39 is 0 Å². The molecule has 0 rings (SSSR count). The highest BCUT2D eigenvalue weighted by Crippen LogP contribution is 1.99. The van der Waals surface area contributed by atoms with Gasteiger partial charge < -0.3 is 10.3 Å². The number of aliphatic hydroxyl groups excluding tert-OH is 1. The molecule has 0 aliphatic rings. The van der Waals surface area contributed by atoms with Crippen LogP contribution < -0.4 is 5.23 Å². The zero-order valence-corrected chi connectivity index (χ0v) is 7.80. The van der Waals surface area contributed by atoms with Crippen LogP contribution in [0.3, 0.4) is 0 Å². The Kier molecular flexibility index (Phi) is 6.67. The maximum atomic E-state index is 9.29. The Morgan fingerprint density at radius 1 is 1.45 bits per heavy atom. The second-order valence-corrected chi connectivity index (χ2v) is 3.24. The lowest BCUT2D eigenvalue weighted by Gasteiger charge is -2.12. The average Bonchev–Trinajstić information content (AvgIpc) is 1.97. The van der Waals surface area contributed by atoms with Crippen molar-refractivity contribution in [1.82, 2.24) is 5.23 Å². The molecule has 0 aromatic rings. The van der Waals surface area contributed by atoms with Gasteiger partial charge in [-0.1, -0.05) is 33.0 Å². The van der Waals surface area contributed by atoms with Crippen molar-refractivity contribution in [3.8, 4) is 0 Å². The van der Waals surface area contributed by atoms with Crippen molar-refractivity contribution in [3.63, 3.8) is 0 Å². The van der Waals surface area contributed by atoms with E-state index >= 15 is 0 Å². The first kappa shape index (κ1) is 11.0. The monoisotopic (exact) mass is 156 g/mol. The number of rotatable bonds is 6. The van der Waals surface area contributed by atoms with Gasteiger partial charge in [-0.05, 0) is 12.8 Å². The maximum absolute atomic E-state index is 9.29. The Labute approximate surface area is 70.6 Å². The molecule has 2 nitrogen and oxygen atoms in total. The summed E-state index contributed by atoms with van der Waals surface area (Å²) in [6, 6.07) is 0. The summed E-state index contributed by atoms with van der Waals surface area (Å²) in [5.41, 5.74) is 0. The van der Waals surface area contributed by atoms with Gasteiger partial charge in [-0.3, -0.25) is 0 Å². The number of unbranched alkanes of at least 4 members (excludes halogenated alkanes) is 1. The summed E-state index contributed by atoms with van der Waals surface area (Å²) in [5, 5.41) is 12.2. The number of aliphatic hydroxyl groups is 1. The van der Waals surface area contributed by atoms with E-state index in [9.17, 15) is 5.11 Å². The van der Waals surface area contributed by atoms with Gasteiger partial charge in [-0.15, -0.1) is 0 Å². The minimum atomic E-state index is -0.350. The molecular weight excluding hydrogens is 137 g/mol. The summed E-state index contributed by atoms with van der Waals surface area (Å²) in [6.07, 6.45) is 2.72. The molecule has 1 atom stereocenters. The lowest BCUT2D eigenvalue weighted by Crippen LogP contribution is -2.33. The minimum absolute atomic E-state index is 0.350. The molecule has 3 heteroatoms.